The summed E-state index contributed by atoms with van der Waals surface area (Å²) >= 11 is 9.34. The second-order valence-corrected chi connectivity index (χ2v) is 8.28. The summed E-state index contributed by atoms with van der Waals surface area (Å²) in [5.74, 6) is 0.0195. The molecule has 0 aliphatic rings. The molecule has 0 bridgehead atoms. The zero-order chi connectivity index (χ0) is 18.3. The zero-order valence-corrected chi connectivity index (χ0v) is 15.9. The Bertz CT molecular complexity index is 1190. The summed E-state index contributed by atoms with van der Waals surface area (Å²) in [5, 5.41) is 2.72. The van der Waals surface area contributed by atoms with Crippen LogP contribution in [0.4, 0.5) is 4.39 Å². The Morgan fingerprint density at radius 2 is 2.00 bits per heavy atom. The van der Waals surface area contributed by atoms with Gasteiger partial charge in [-0.1, -0.05) is 23.7 Å². The van der Waals surface area contributed by atoms with Crippen molar-refractivity contribution in [2.75, 3.05) is 0 Å². The summed E-state index contributed by atoms with van der Waals surface area (Å²) in [6.45, 7) is 2.02. The molecule has 0 atom stereocenters. The number of nitrogens with zero attached hydrogens (tertiary/aromatic N) is 1. The molecular weight excluding hydrogens is 391 g/mol. The fraction of sp³-hybridized carbons (Fsp3) is 0.0526. The summed E-state index contributed by atoms with van der Waals surface area (Å²) in [6.07, 6.45) is 1.79. The van der Waals surface area contributed by atoms with E-state index in [-0.39, 0.29) is 11.4 Å². The summed E-state index contributed by atoms with van der Waals surface area (Å²) < 4.78 is 13.1. The first-order valence-electron chi connectivity index (χ1n) is 7.73. The number of hydrogen-bond donors (Lipinski definition) is 1. The monoisotopic (exact) mass is 402 g/mol. The van der Waals surface area contributed by atoms with Gasteiger partial charge in [0.25, 0.3) is 5.56 Å². The second-order valence-electron chi connectivity index (χ2n) is 5.69. The minimum atomic E-state index is -0.316. The van der Waals surface area contributed by atoms with Crippen LogP contribution in [0.25, 0.3) is 32.5 Å². The van der Waals surface area contributed by atoms with Crippen molar-refractivity contribution in [1.82, 2.24) is 9.97 Å². The summed E-state index contributed by atoms with van der Waals surface area (Å²) in [7, 11) is 0. The lowest BCUT2D eigenvalue weighted by Crippen LogP contribution is -2.10. The maximum Gasteiger partial charge on any atom is 0.260 e. The fourth-order valence-corrected chi connectivity index (χ4v) is 4.67. The van der Waals surface area contributed by atoms with E-state index in [0.717, 1.165) is 16.0 Å². The van der Waals surface area contributed by atoms with Crippen molar-refractivity contribution in [2.24, 2.45) is 0 Å². The third kappa shape index (κ3) is 3.23. The Labute approximate surface area is 161 Å². The van der Waals surface area contributed by atoms with Crippen LogP contribution in [0.5, 0.6) is 0 Å². The summed E-state index contributed by atoms with van der Waals surface area (Å²) in [6, 6.07) is 10.0. The molecule has 0 aliphatic carbocycles. The van der Waals surface area contributed by atoms with Gasteiger partial charge in [0, 0.05) is 20.7 Å². The van der Waals surface area contributed by atoms with Crippen LogP contribution in [0, 0.1) is 12.7 Å². The first-order chi connectivity index (χ1) is 12.5. The van der Waals surface area contributed by atoms with Crippen LogP contribution < -0.4 is 5.56 Å². The minimum absolute atomic E-state index is 0.264. The molecule has 0 aliphatic heterocycles. The molecule has 0 saturated carbocycles. The third-order valence-electron chi connectivity index (χ3n) is 3.86. The van der Waals surface area contributed by atoms with Gasteiger partial charge in [-0.25, -0.2) is 9.37 Å². The van der Waals surface area contributed by atoms with Gasteiger partial charge in [-0.3, -0.25) is 4.79 Å². The van der Waals surface area contributed by atoms with Crippen LogP contribution in [0.15, 0.2) is 46.6 Å². The average molecular weight is 403 g/mol. The van der Waals surface area contributed by atoms with Crippen molar-refractivity contribution >= 4 is 55.6 Å². The molecule has 3 heterocycles. The van der Waals surface area contributed by atoms with E-state index >= 15 is 0 Å². The van der Waals surface area contributed by atoms with Gasteiger partial charge in [0.05, 0.1) is 10.4 Å². The Kier molecular flexibility index (Phi) is 4.48. The smallest absolute Gasteiger partial charge is 0.260 e. The van der Waals surface area contributed by atoms with E-state index in [2.05, 4.69) is 9.97 Å². The first-order valence-corrected chi connectivity index (χ1v) is 9.80. The lowest BCUT2D eigenvalue weighted by molar-refractivity contribution is 0.628. The molecule has 4 rings (SSSR count). The molecule has 0 unspecified atom stereocenters. The van der Waals surface area contributed by atoms with Crippen molar-refractivity contribution in [3.05, 3.63) is 73.5 Å². The lowest BCUT2D eigenvalue weighted by atomic mass is 10.1. The number of hydrogen-bond acceptors (Lipinski definition) is 4. The number of aryl methyl sites for hydroxylation is 1. The van der Waals surface area contributed by atoms with E-state index < -0.39 is 0 Å². The van der Waals surface area contributed by atoms with Crippen molar-refractivity contribution in [1.29, 1.82) is 0 Å². The molecule has 3 nitrogen and oxygen atoms in total. The highest BCUT2D eigenvalue weighted by molar-refractivity contribution is 7.17. The molecule has 1 N–H and O–H groups in total. The molecule has 1 aromatic carbocycles. The highest BCUT2D eigenvalue weighted by Crippen LogP contribution is 2.32. The van der Waals surface area contributed by atoms with Crippen LogP contribution in [0.3, 0.4) is 0 Å². The number of aromatic nitrogens is 2. The van der Waals surface area contributed by atoms with Gasteiger partial charge in [0.2, 0.25) is 0 Å². The normalized spacial score (nSPS) is 12.0. The summed E-state index contributed by atoms with van der Waals surface area (Å²) in [4.78, 5) is 22.7. The second kappa shape index (κ2) is 6.79. The highest BCUT2D eigenvalue weighted by Gasteiger charge is 2.14. The van der Waals surface area contributed by atoms with Crippen molar-refractivity contribution in [2.45, 2.75) is 6.92 Å². The number of nitrogens with one attached hydrogen (secondary N) is 1. The van der Waals surface area contributed by atoms with E-state index in [4.69, 9.17) is 11.6 Å². The average Bonchev–Trinajstić information content (AvgIpc) is 3.22. The van der Waals surface area contributed by atoms with Gasteiger partial charge < -0.3 is 4.98 Å². The SMILES string of the molecule is Cc1ccc(/C=C(\Cl)c2nc3scc(-c4ccc(F)cc4)c3c(=O)[nH]2)s1. The molecule has 7 heteroatoms. The molecule has 0 saturated heterocycles. The number of H-pyrrole nitrogens is 1. The van der Waals surface area contributed by atoms with Crippen LogP contribution >= 0.6 is 34.3 Å². The lowest BCUT2D eigenvalue weighted by Gasteiger charge is -2.01. The number of halogens is 2. The number of aromatic amines is 1. The van der Waals surface area contributed by atoms with E-state index in [1.165, 1.54) is 28.3 Å². The predicted octanol–water partition coefficient (Wildman–Crippen LogP) is 5.90. The largest absolute Gasteiger partial charge is 0.305 e. The standard InChI is InChI=1S/C19H12ClFN2OS2/c1-10-2-7-13(26-10)8-15(20)17-22-18(24)16-14(9-25-19(16)23-17)11-3-5-12(21)6-4-11/h2-9H,1H3,(H,22,23,24)/b15-8-. The Morgan fingerprint density at radius 1 is 1.23 bits per heavy atom. The molecule has 26 heavy (non-hydrogen) atoms. The van der Waals surface area contributed by atoms with Gasteiger partial charge in [-0.15, -0.1) is 22.7 Å². The minimum Gasteiger partial charge on any atom is -0.305 e. The highest BCUT2D eigenvalue weighted by atomic mass is 35.5. The number of rotatable bonds is 3. The number of benzene rings is 1. The molecule has 0 radical (unpaired) electrons. The van der Waals surface area contributed by atoms with Gasteiger partial charge in [0.15, 0.2) is 5.82 Å². The van der Waals surface area contributed by atoms with Gasteiger partial charge in [-0.2, -0.15) is 0 Å². The third-order valence-corrected chi connectivity index (χ3v) is 5.96. The van der Waals surface area contributed by atoms with E-state index in [9.17, 15) is 9.18 Å². The van der Waals surface area contributed by atoms with Crippen molar-refractivity contribution in [3.8, 4) is 11.1 Å². The molecule has 0 spiro atoms. The van der Waals surface area contributed by atoms with Crippen molar-refractivity contribution < 1.29 is 4.39 Å². The quantitative estimate of drug-likeness (QED) is 0.463. The Morgan fingerprint density at radius 3 is 2.69 bits per heavy atom. The van der Waals surface area contributed by atoms with Crippen LogP contribution in [0.2, 0.25) is 0 Å². The van der Waals surface area contributed by atoms with Crippen LogP contribution in [-0.2, 0) is 0 Å². The maximum absolute atomic E-state index is 13.1. The molecule has 130 valence electrons. The van der Waals surface area contributed by atoms with E-state index in [1.54, 1.807) is 29.5 Å². The van der Waals surface area contributed by atoms with Crippen molar-refractivity contribution in [3.63, 3.8) is 0 Å². The zero-order valence-electron chi connectivity index (χ0n) is 13.5. The molecule has 0 fully saturated rings. The Balaban J connectivity index is 1.80. The predicted molar refractivity (Wildman–Crippen MR) is 108 cm³/mol. The Hall–Kier alpha value is -2.28. The van der Waals surface area contributed by atoms with Gasteiger partial charge in [-0.05, 0) is 42.8 Å². The summed E-state index contributed by atoms with van der Waals surface area (Å²) in [5.41, 5.74) is 1.24. The van der Waals surface area contributed by atoms with Crippen LogP contribution in [0.1, 0.15) is 15.6 Å². The fourth-order valence-electron chi connectivity index (χ4n) is 2.63. The van der Waals surface area contributed by atoms with E-state index in [0.29, 0.717) is 21.1 Å². The molecule has 3 aromatic heterocycles. The van der Waals surface area contributed by atoms with Gasteiger partial charge >= 0.3 is 0 Å². The first kappa shape index (κ1) is 17.1. The van der Waals surface area contributed by atoms with E-state index in [1.807, 2.05) is 24.4 Å². The molecule has 4 aromatic rings. The molecular formula is C19H12ClFN2OS2. The number of fused-ring (bicyclic) bond motifs is 1. The van der Waals surface area contributed by atoms with Crippen LogP contribution in [-0.4, -0.2) is 9.97 Å². The maximum atomic E-state index is 13.1. The number of thiophene rings is 2. The van der Waals surface area contributed by atoms with Gasteiger partial charge in [0.1, 0.15) is 10.6 Å². The molecule has 0 amide bonds. The topological polar surface area (TPSA) is 45.8 Å².